The van der Waals surface area contributed by atoms with E-state index in [1.54, 1.807) is 0 Å². The number of anilines is 2. The second-order valence-electron chi connectivity index (χ2n) is 4.27. The average Bonchev–Trinajstić information content (AvgIpc) is 2.48. The quantitative estimate of drug-likeness (QED) is 0.660. The van der Waals surface area contributed by atoms with E-state index in [-0.39, 0.29) is 23.0 Å². The van der Waals surface area contributed by atoms with Crippen LogP contribution in [0.15, 0.2) is 35.6 Å². The molecule has 0 aliphatic rings. The van der Waals surface area contributed by atoms with Gasteiger partial charge in [0.15, 0.2) is 5.16 Å². The second-order valence-corrected chi connectivity index (χ2v) is 5.21. The Labute approximate surface area is 126 Å². The fourth-order valence-electron chi connectivity index (χ4n) is 1.50. The van der Waals surface area contributed by atoms with Crippen molar-refractivity contribution in [3.63, 3.8) is 0 Å². The number of hydrogen-bond donors (Lipinski definition) is 2. The first-order valence-corrected chi connectivity index (χ1v) is 7.09. The maximum atomic E-state index is 11.8. The number of carbonyl (C=O) groups is 1. The van der Waals surface area contributed by atoms with Crippen molar-refractivity contribution >= 4 is 29.2 Å². The van der Waals surface area contributed by atoms with Crippen molar-refractivity contribution in [2.24, 2.45) is 0 Å². The van der Waals surface area contributed by atoms with Gasteiger partial charge < -0.3 is 11.1 Å². The second kappa shape index (κ2) is 6.72. The zero-order valence-corrected chi connectivity index (χ0v) is 12.1. The molecule has 0 fully saturated rings. The number of nitrogens with one attached hydrogen (secondary N) is 1. The Balaban J connectivity index is 1.91. The molecule has 1 aromatic carbocycles. The number of benzene rings is 1. The lowest BCUT2D eigenvalue weighted by Crippen LogP contribution is -2.14. The van der Waals surface area contributed by atoms with Crippen LogP contribution in [-0.4, -0.2) is 21.6 Å². The molecule has 0 bridgehead atoms. The molecule has 2 rings (SSSR count). The molecular weight excluding hydrogens is 286 g/mol. The van der Waals surface area contributed by atoms with Gasteiger partial charge in [-0.25, -0.2) is 9.97 Å². The SMILES string of the molecule is Cc1ccc(NC(=O)CSc2ncc(C#N)c(N)n2)cc1. The third-order valence-electron chi connectivity index (χ3n) is 2.58. The molecule has 0 saturated carbocycles. The molecule has 3 N–H and O–H groups in total. The van der Waals surface area contributed by atoms with Crippen LogP contribution in [0.2, 0.25) is 0 Å². The number of carbonyl (C=O) groups excluding carboxylic acids is 1. The summed E-state index contributed by atoms with van der Waals surface area (Å²) in [6.07, 6.45) is 1.35. The van der Waals surface area contributed by atoms with E-state index in [2.05, 4.69) is 15.3 Å². The Morgan fingerprint density at radius 2 is 2.14 bits per heavy atom. The minimum absolute atomic E-state index is 0.119. The number of nitrogen functional groups attached to an aromatic ring is 1. The van der Waals surface area contributed by atoms with E-state index >= 15 is 0 Å². The number of hydrogen-bond acceptors (Lipinski definition) is 6. The Morgan fingerprint density at radius 3 is 2.76 bits per heavy atom. The van der Waals surface area contributed by atoms with Crippen LogP contribution >= 0.6 is 11.8 Å². The van der Waals surface area contributed by atoms with Gasteiger partial charge in [0.05, 0.1) is 11.9 Å². The zero-order chi connectivity index (χ0) is 15.2. The molecule has 106 valence electrons. The van der Waals surface area contributed by atoms with Crippen molar-refractivity contribution in [3.05, 3.63) is 41.6 Å². The molecule has 0 spiro atoms. The van der Waals surface area contributed by atoms with Crippen LogP contribution in [0, 0.1) is 18.3 Å². The first-order chi connectivity index (χ1) is 10.1. The van der Waals surface area contributed by atoms with Gasteiger partial charge in [0.2, 0.25) is 5.91 Å². The number of thioether (sulfide) groups is 1. The topological polar surface area (TPSA) is 105 Å². The summed E-state index contributed by atoms with van der Waals surface area (Å²) < 4.78 is 0. The smallest absolute Gasteiger partial charge is 0.234 e. The molecule has 0 saturated heterocycles. The Bertz CT molecular complexity index is 694. The summed E-state index contributed by atoms with van der Waals surface area (Å²) in [7, 11) is 0. The highest BCUT2D eigenvalue weighted by molar-refractivity contribution is 7.99. The number of nitriles is 1. The number of aryl methyl sites for hydroxylation is 1. The lowest BCUT2D eigenvalue weighted by molar-refractivity contribution is -0.113. The molecular formula is C14H13N5OS. The van der Waals surface area contributed by atoms with E-state index in [0.29, 0.717) is 5.16 Å². The van der Waals surface area contributed by atoms with Crippen LogP contribution in [0.5, 0.6) is 0 Å². The van der Waals surface area contributed by atoms with Crippen molar-refractivity contribution in [2.75, 3.05) is 16.8 Å². The highest BCUT2D eigenvalue weighted by Crippen LogP contribution is 2.16. The van der Waals surface area contributed by atoms with Gasteiger partial charge in [-0.15, -0.1) is 0 Å². The van der Waals surface area contributed by atoms with Crippen LogP contribution in [0.25, 0.3) is 0 Å². The minimum atomic E-state index is -0.157. The third kappa shape index (κ3) is 4.19. The Kier molecular flexibility index (Phi) is 4.74. The van der Waals surface area contributed by atoms with Gasteiger partial charge in [-0.05, 0) is 19.1 Å². The predicted molar refractivity (Wildman–Crippen MR) is 81.7 cm³/mol. The van der Waals surface area contributed by atoms with Crippen molar-refractivity contribution in [1.29, 1.82) is 5.26 Å². The van der Waals surface area contributed by atoms with Gasteiger partial charge in [0.1, 0.15) is 17.5 Å². The normalized spacial score (nSPS) is 9.90. The van der Waals surface area contributed by atoms with Crippen LogP contribution in [0.3, 0.4) is 0 Å². The lowest BCUT2D eigenvalue weighted by atomic mass is 10.2. The maximum Gasteiger partial charge on any atom is 0.234 e. The van der Waals surface area contributed by atoms with Gasteiger partial charge in [-0.1, -0.05) is 29.5 Å². The summed E-state index contributed by atoms with van der Waals surface area (Å²) in [5.74, 6) is 0.128. The molecule has 6 nitrogen and oxygen atoms in total. The molecule has 1 amide bonds. The number of aromatic nitrogens is 2. The molecule has 0 aliphatic carbocycles. The third-order valence-corrected chi connectivity index (χ3v) is 3.45. The molecule has 7 heteroatoms. The molecule has 21 heavy (non-hydrogen) atoms. The Hall–Kier alpha value is -2.59. The minimum Gasteiger partial charge on any atom is -0.382 e. The van der Waals surface area contributed by atoms with Crippen molar-refractivity contribution in [1.82, 2.24) is 9.97 Å². The van der Waals surface area contributed by atoms with Gasteiger partial charge in [0.25, 0.3) is 0 Å². The monoisotopic (exact) mass is 299 g/mol. The number of rotatable bonds is 4. The van der Waals surface area contributed by atoms with Crippen LogP contribution in [0.1, 0.15) is 11.1 Å². The van der Waals surface area contributed by atoms with Crippen molar-refractivity contribution in [2.45, 2.75) is 12.1 Å². The summed E-state index contributed by atoms with van der Waals surface area (Å²) in [5, 5.41) is 11.9. The van der Waals surface area contributed by atoms with E-state index in [4.69, 9.17) is 11.0 Å². The standard InChI is InChI=1S/C14H13N5OS/c1-9-2-4-11(5-3-9)18-12(20)8-21-14-17-7-10(6-15)13(16)19-14/h2-5,7H,8H2,1H3,(H,18,20)(H2,16,17,19). The van der Waals surface area contributed by atoms with Gasteiger partial charge >= 0.3 is 0 Å². The fourth-order valence-corrected chi connectivity index (χ4v) is 2.12. The van der Waals surface area contributed by atoms with E-state index < -0.39 is 0 Å². The van der Waals surface area contributed by atoms with Gasteiger partial charge in [-0.3, -0.25) is 4.79 Å². The summed E-state index contributed by atoms with van der Waals surface area (Å²) in [4.78, 5) is 19.7. The predicted octanol–water partition coefficient (Wildman–Crippen LogP) is 1.97. The van der Waals surface area contributed by atoms with Crippen molar-refractivity contribution in [3.8, 4) is 6.07 Å². The summed E-state index contributed by atoms with van der Waals surface area (Å²) >= 11 is 1.16. The summed E-state index contributed by atoms with van der Waals surface area (Å²) in [6, 6.07) is 9.42. The van der Waals surface area contributed by atoms with Crippen LogP contribution in [0.4, 0.5) is 11.5 Å². The molecule has 0 aliphatic heterocycles. The summed E-state index contributed by atoms with van der Waals surface area (Å²) in [5.41, 5.74) is 7.68. The van der Waals surface area contributed by atoms with Crippen LogP contribution in [-0.2, 0) is 4.79 Å². The lowest BCUT2D eigenvalue weighted by Gasteiger charge is -2.05. The molecule has 0 atom stereocenters. The average molecular weight is 299 g/mol. The first-order valence-electron chi connectivity index (χ1n) is 6.10. The first kappa shape index (κ1) is 14.8. The van der Waals surface area contributed by atoms with E-state index in [1.165, 1.54) is 6.20 Å². The van der Waals surface area contributed by atoms with Gasteiger partial charge in [0, 0.05) is 5.69 Å². The van der Waals surface area contributed by atoms with Crippen molar-refractivity contribution < 1.29 is 4.79 Å². The highest BCUT2D eigenvalue weighted by Gasteiger charge is 2.08. The van der Waals surface area contributed by atoms with E-state index in [1.807, 2.05) is 37.3 Å². The highest BCUT2D eigenvalue weighted by atomic mass is 32.2. The molecule has 2 aromatic rings. The van der Waals surface area contributed by atoms with Gasteiger partial charge in [-0.2, -0.15) is 5.26 Å². The molecule has 0 unspecified atom stereocenters. The number of nitrogens with two attached hydrogens (primary N) is 1. The summed E-state index contributed by atoms with van der Waals surface area (Å²) in [6.45, 7) is 1.98. The number of amides is 1. The molecule has 1 heterocycles. The number of nitrogens with zero attached hydrogens (tertiary/aromatic N) is 3. The molecule has 0 radical (unpaired) electrons. The fraction of sp³-hybridized carbons (Fsp3) is 0.143. The van der Waals surface area contributed by atoms with E-state index in [9.17, 15) is 4.79 Å². The maximum absolute atomic E-state index is 11.8. The zero-order valence-electron chi connectivity index (χ0n) is 11.3. The van der Waals surface area contributed by atoms with Crippen LogP contribution < -0.4 is 11.1 Å². The molecule has 1 aromatic heterocycles. The largest absolute Gasteiger partial charge is 0.382 e. The Morgan fingerprint density at radius 1 is 1.43 bits per heavy atom. The van der Waals surface area contributed by atoms with E-state index in [0.717, 1.165) is 23.0 Å².